The van der Waals surface area contributed by atoms with E-state index in [-0.39, 0.29) is 62.7 Å². The van der Waals surface area contributed by atoms with E-state index in [2.05, 4.69) is 4.98 Å². The summed E-state index contributed by atoms with van der Waals surface area (Å²) in [6.07, 6.45) is 0. The summed E-state index contributed by atoms with van der Waals surface area (Å²) in [6.45, 7) is -2.52. The van der Waals surface area contributed by atoms with Gasteiger partial charge in [0.2, 0.25) is 0 Å². The number of fused-ring (bicyclic) bond motifs is 3. The van der Waals surface area contributed by atoms with Crippen molar-refractivity contribution in [3.63, 3.8) is 0 Å². The maximum Gasteiger partial charge on any atom is 0.111 e. The highest BCUT2D eigenvalue weighted by Gasteiger charge is 2.16. The van der Waals surface area contributed by atoms with E-state index in [1.807, 2.05) is 0 Å². The summed E-state index contributed by atoms with van der Waals surface area (Å²) in [5.74, 6) is -0.127. The Hall–Kier alpha value is -4.69. The summed E-state index contributed by atoms with van der Waals surface area (Å²) in [4.78, 5) is 4.37. The van der Waals surface area contributed by atoms with E-state index in [1.165, 1.54) is 0 Å². The Morgan fingerprint density at radius 3 is 1.72 bits per heavy atom. The average molecular weight is 472 g/mol. The lowest BCUT2D eigenvalue weighted by Gasteiger charge is -2.18. The van der Waals surface area contributed by atoms with Crippen LogP contribution in [-0.2, 0) is 0 Å². The first-order chi connectivity index (χ1) is 22.3. The number of benzene rings is 6. The lowest BCUT2D eigenvalue weighted by Crippen LogP contribution is -1.97. The maximum absolute atomic E-state index is 9.06. The van der Waals surface area contributed by atoms with Crippen LogP contribution in [0.3, 0.4) is 0 Å². The smallest absolute Gasteiger partial charge is 0.111 e. The van der Waals surface area contributed by atoms with Crippen LogP contribution in [0.4, 0.5) is 0 Å². The second-order valence-electron chi connectivity index (χ2n) is 8.42. The van der Waals surface area contributed by atoms with Gasteiger partial charge in [-0.1, -0.05) is 103 Å². The minimum Gasteiger partial charge on any atom is -0.297 e. The Labute approximate surface area is 225 Å². The van der Waals surface area contributed by atoms with Gasteiger partial charge in [0.05, 0.1) is 22.0 Å². The molecule has 0 aliphatic carbocycles. The van der Waals surface area contributed by atoms with Crippen LogP contribution in [0.25, 0.3) is 60.5 Å². The van der Waals surface area contributed by atoms with E-state index in [0.717, 1.165) is 0 Å². The standard InChI is InChI=1S/C34H24N2/c1-23-35-31-17-9-10-18-32(31)36(23)26-21-19-25(20-22-26)34-29-15-7-5-13-27(29)33(24-11-3-2-4-12-24)28-14-6-8-16-30(28)34/h2-22H,1H3/i1D3,5D,6D,7D,8D,13D,14D,15D,16D. The lowest BCUT2D eigenvalue weighted by molar-refractivity contribution is 1.00. The quantitative estimate of drug-likeness (QED) is 0.235. The van der Waals surface area contributed by atoms with Gasteiger partial charge in [-0.15, -0.1) is 0 Å². The van der Waals surface area contributed by atoms with Gasteiger partial charge in [-0.25, -0.2) is 4.98 Å². The second-order valence-corrected chi connectivity index (χ2v) is 8.42. The summed E-state index contributed by atoms with van der Waals surface area (Å²) in [5.41, 5.74) is 3.00. The molecule has 0 unspecified atom stereocenters. The molecule has 1 aromatic heterocycles. The van der Waals surface area contributed by atoms with E-state index in [0.29, 0.717) is 27.8 Å². The number of rotatable bonds is 3. The highest BCUT2D eigenvalue weighted by Crippen LogP contribution is 2.43. The van der Waals surface area contributed by atoms with Crippen LogP contribution in [-0.4, -0.2) is 9.55 Å². The average Bonchev–Trinajstić information content (AvgIpc) is 3.48. The molecular weight excluding hydrogens is 436 g/mol. The van der Waals surface area contributed by atoms with Crippen molar-refractivity contribution in [1.29, 1.82) is 0 Å². The molecule has 0 radical (unpaired) electrons. The van der Waals surface area contributed by atoms with E-state index in [1.54, 1.807) is 83.4 Å². The molecule has 2 heteroatoms. The van der Waals surface area contributed by atoms with Crippen LogP contribution >= 0.6 is 0 Å². The van der Waals surface area contributed by atoms with Gasteiger partial charge in [-0.05, 0) is 74.9 Å². The molecule has 0 bridgehead atoms. The molecule has 0 N–H and O–H groups in total. The number of hydrogen-bond donors (Lipinski definition) is 0. The minimum atomic E-state index is -2.52. The summed E-state index contributed by atoms with van der Waals surface area (Å²) in [6, 6.07) is 19.2. The molecule has 2 nitrogen and oxygen atoms in total. The fourth-order valence-electron chi connectivity index (χ4n) is 4.87. The number of aromatic nitrogens is 2. The maximum atomic E-state index is 9.06. The van der Waals surface area contributed by atoms with Crippen LogP contribution in [0.5, 0.6) is 0 Å². The number of hydrogen-bond acceptors (Lipinski definition) is 1. The molecule has 36 heavy (non-hydrogen) atoms. The van der Waals surface area contributed by atoms with Crippen LogP contribution in [0.2, 0.25) is 0 Å². The Balaban J connectivity index is 1.64. The minimum absolute atomic E-state index is 0.108. The van der Waals surface area contributed by atoms with Crippen LogP contribution in [0, 0.1) is 6.85 Å². The van der Waals surface area contributed by atoms with Crippen molar-refractivity contribution >= 4 is 32.6 Å². The van der Waals surface area contributed by atoms with Crippen molar-refractivity contribution in [3.8, 4) is 27.9 Å². The molecule has 0 spiro atoms. The first-order valence-electron chi connectivity index (χ1n) is 16.9. The fraction of sp³-hybridized carbons (Fsp3) is 0.0294. The van der Waals surface area contributed by atoms with Gasteiger partial charge in [-0.3, -0.25) is 4.57 Å². The topological polar surface area (TPSA) is 17.8 Å². The predicted molar refractivity (Wildman–Crippen MR) is 152 cm³/mol. The van der Waals surface area contributed by atoms with E-state index < -0.39 is 31.0 Å². The SMILES string of the molecule is [2H]c1c([2H])c([2H])c2c(-c3ccc(-n4c(C([2H])([2H])[2H])nc5ccccc54)cc3)c3c([2H])c([2H])c([2H])c([2H])c3c(-c3ccccc3)c2c1[2H]. The number of nitrogens with zero attached hydrogens (tertiary/aromatic N) is 2. The molecule has 6 aromatic carbocycles. The molecule has 0 saturated heterocycles. The molecule has 0 fully saturated rings. The first-order valence-corrected chi connectivity index (χ1v) is 11.4. The molecule has 0 aliphatic heterocycles. The summed E-state index contributed by atoms with van der Waals surface area (Å²) >= 11 is 0. The molecule has 0 amide bonds. The van der Waals surface area contributed by atoms with Gasteiger partial charge in [0.15, 0.2) is 0 Å². The zero-order chi connectivity index (χ0) is 33.5. The Morgan fingerprint density at radius 2 is 1.14 bits per heavy atom. The van der Waals surface area contributed by atoms with E-state index >= 15 is 0 Å². The monoisotopic (exact) mass is 471 g/mol. The molecule has 0 aliphatic rings. The van der Waals surface area contributed by atoms with Crippen LogP contribution in [0.15, 0.2) is 127 Å². The summed E-state index contributed by atoms with van der Waals surface area (Å²) in [5, 5.41) is 0.473. The molecule has 1 heterocycles. The summed E-state index contributed by atoms with van der Waals surface area (Å²) < 4.78 is 96.2. The predicted octanol–water partition coefficient (Wildman–Crippen LogP) is 8.97. The van der Waals surface area contributed by atoms with E-state index in [4.69, 9.17) is 15.1 Å². The van der Waals surface area contributed by atoms with Crippen LogP contribution in [0.1, 0.15) is 20.9 Å². The van der Waals surface area contributed by atoms with Crippen molar-refractivity contribution in [3.05, 3.63) is 133 Å². The van der Waals surface area contributed by atoms with Crippen molar-refractivity contribution < 1.29 is 15.1 Å². The third-order valence-electron chi connectivity index (χ3n) is 6.41. The zero-order valence-electron chi connectivity index (χ0n) is 29.9. The summed E-state index contributed by atoms with van der Waals surface area (Å²) in [7, 11) is 0. The fourth-order valence-corrected chi connectivity index (χ4v) is 4.87. The molecule has 170 valence electrons. The third-order valence-corrected chi connectivity index (χ3v) is 6.41. The van der Waals surface area contributed by atoms with Gasteiger partial charge in [0.25, 0.3) is 0 Å². The highest BCUT2D eigenvalue weighted by molar-refractivity contribution is 6.21. The van der Waals surface area contributed by atoms with Gasteiger partial charge >= 0.3 is 0 Å². The molecule has 7 rings (SSSR count). The van der Waals surface area contributed by atoms with Crippen molar-refractivity contribution in [1.82, 2.24) is 9.55 Å². The van der Waals surface area contributed by atoms with Crippen molar-refractivity contribution in [2.75, 3.05) is 0 Å². The Kier molecular flexibility index (Phi) is 2.81. The van der Waals surface area contributed by atoms with Gasteiger partial charge in [-0.2, -0.15) is 0 Å². The second kappa shape index (κ2) is 8.21. The first kappa shape index (κ1) is 12.3. The van der Waals surface area contributed by atoms with Crippen molar-refractivity contribution in [2.45, 2.75) is 6.85 Å². The van der Waals surface area contributed by atoms with Crippen molar-refractivity contribution in [2.24, 2.45) is 0 Å². The van der Waals surface area contributed by atoms with Crippen LogP contribution < -0.4 is 0 Å². The lowest BCUT2D eigenvalue weighted by atomic mass is 9.86. The number of aryl methyl sites for hydroxylation is 1. The normalized spacial score (nSPS) is 16.2. The zero-order valence-corrected chi connectivity index (χ0v) is 18.9. The number of imidazole rings is 1. The molecular formula is C34H24N2. The van der Waals surface area contributed by atoms with Gasteiger partial charge < -0.3 is 0 Å². The van der Waals surface area contributed by atoms with E-state index in [9.17, 15) is 0 Å². The molecule has 0 atom stereocenters. The largest absolute Gasteiger partial charge is 0.297 e. The molecule has 7 aromatic rings. The highest BCUT2D eigenvalue weighted by atomic mass is 15.1. The Bertz CT molecular complexity index is 2330. The molecule has 0 saturated carbocycles. The third kappa shape index (κ3) is 3.15. The van der Waals surface area contributed by atoms with Gasteiger partial charge in [0.1, 0.15) is 5.82 Å². The number of para-hydroxylation sites is 2. The van der Waals surface area contributed by atoms with Gasteiger partial charge in [0, 0.05) is 9.80 Å². The Morgan fingerprint density at radius 1 is 0.611 bits per heavy atom.